The number of nitrogens with zero attached hydrogens (tertiary/aromatic N) is 1. The van der Waals surface area contributed by atoms with E-state index in [1.54, 1.807) is 0 Å². The van der Waals surface area contributed by atoms with Crippen LogP contribution in [0.4, 0.5) is 5.69 Å². The minimum atomic E-state index is -0.830. The van der Waals surface area contributed by atoms with E-state index in [1.807, 2.05) is 36.5 Å². The van der Waals surface area contributed by atoms with Gasteiger partial charge in [0.05, 0.1) is 11.1 Å². The number of carbonyl (C=O) groups excluding carboxylic acids is 3. The predicted molar refractivity (Wildman–Crippen MR) is 101 cm³/mol. The first-order valence-corrected chi connectivity index (χ1v) is 9.24. The van der Waals surface area contributed by atoms with Gasteiger partial charge in [-0.05, 0) is 11.6 Å². The number of imide groups is 1. The van der Waals surface area contributed by atoms with Crippen LogP contribution in [0.5, 0.6) is 0 Å². The van der Waals surface area contributed by atoms with Crippen molar-refractivity contribution in [2.45, 2.75) is 12.1 Å². The van der Waals surface area contributed by atoms with Gasteiger partial charge < -0.3 is 0 Å². The van der Waals surface area contributed by atoms with Crippen molar-refractivity contribution >= 4 is 29.4 Å². The van der Waals surface area contributed by atoms with E-state index in [9.17, 15) is 24.5 Å². The maximum absolute atomic E-state index is 13.4. The number of amides is 2. The van der Waals surface area contributed by atoms with Gasteiger partial charge in [-0.15, -0.1) is 0 Å². The van der Waals surface area contributed by atoms with Crippen LogP contribution < -0.4 is 10.2 Å². The zero-order valence-corrected chi connectivity index (χ0v) is 15.1. The zero-order chi connectivity index (χ0) is 20.3. The largest absolute Gasteiger partial charge is 0.295 e. The minimum absolute atomic E-state index is 0.163. The molecule has 5 rings (SSSR count). The maximum Gasteiger partial charge on any atom is 0.270 e. The fourth-order valence-corrected chi connectivity index (χ4v) is 4.92. The summed E-state index contributed by atoms with van der Waals surface area (Å²) in [6, 6.07) is 11.9. The predicted octanol–water partition coefficient (Wildman–Crippen LogP) is 0.659. The summed E-state index contributed by atoms with van der Waals surface area (Å²) in [5.74, 6) is -2.69. The number of nitro benzene ring substituents is 1. The number of rotatable bonds is 3. The summed E-state index contributed by atoms with van der Waals surface area (Å²) in [6.07, 6.45) is 3.71. The van der Waals surface area contributed by atoms with Crippen LogP contribution in [0.1, 0.15) is 27.5 Å². The van der Waals surface area contributed by atoms with Crippen molar-refractivity contribution in [3.8, 4) is 0 Å². The van der Waals surface area contributed by atoms with Gasteiger partial charge in [-0.3, -0.25) is 34.7 Å². The lowest BCUT2D eigenvalue weighted by atomic mass is 9.83. The smallest absolute Gasteiger partial charge is 0.270 e. The molecule has 144 valence electrons. The number of Topliss-reactive ketones (excluding diaryl/α,β-unsaturated/α-hetero) is 1. The van der Waals surface area contributed by atoms with Crippen molar-refractivity contribution in [1.82, 2.24) is 5.32 Å². The quantitative estimate of drug-likeness (QED) is 0.346. The highest BCUT2D eigenvalue weighted by Crippen LogP contribution is 2.41. The number of hydrogen-bond acceptors (Lipinski definition) is 5. The Morgan fingerprint density at radius 3 is 2.59 bits per heavy atom. The molecule has 3 heterocycles. The molecule has 0 aliphatic carbocycles. The van der Waals surface area contributed by atoms with Crippen molar-refractivity contribution in [3.63, 3.8) is 0 Å². The van der Waals surface area contributed by atoms with E-state index in [-0.39, 0.29) is 29.0 Å². The highest BCUT2D eigenvalue weighted by Gasteiger charge is 2.65. The molecule has 29 heavy (non-hydrogen) atoms. The number of nitrogens with one attached hydrogen (secondary N) is 2. The molecule has 2 N–H and O–H groups in total. The molecule has 3 aliphatic rings. The lowest BCUT2D eigenvalue weighted by Crippen LogP contribution is -3.12. The number of fused-ring (bicyclic) bond motifs is 5. The molecule has 0 bridgehead atoms. The standard InChI is InChI=1S/C21H15N3O5/c25-19(12-5-3-6-13(10-12)24(28)29)18-16-15(20(26)22-21(16)27)17-14-7-2-1-4-11(14)8-9-23(17)18/h1-10,15-18H,(H,22,26,27)/p+1/t15-,16+,17+,18+/m0/s1. The summed E-state index contributed by atoms with van der Waals surface area (Å²) in [4.78, 5) is 49.9. The van der Waals surface area contributed by atoms with Gasteiger partial charge in [0.25, 0.3) is 5.69 Å². The van der Waals surface area contributed by atoms with E-state index in [0.717, 1.165) is 16.0 Å². The number of carbonyl (C=O) groups is 3. The second-order valence-electron chi connectivity index (χ2n) is 7.49. The van der Waals surface area contributed by atoms with Crippen LogP contribution in [0.15, 0.2) is 54.7 Å². The molecule has 5 atom stereocenters. The number of benzene rings is 2. The van der Waals surface area contributed by atoms with Crippen LogP contribution in [0.2, 0.25) is 0 Å². The molecular weight excluding hydrogens is 374 g/mol. The topological polar surface area (TPSA) is 111 Å². The summed E-state index contributed by atoms with van der Waals surface area (Å²) >= 11 is 0. The fourth-order valence-electron chi connectivity index (χ4n) is 4.92. The first-order chi connectivity index (χ1) is 14.0. The van der Waals surface area contributed by atoms with Crippen molar-refractivity contribution < 1.29 is 24.2 Å². The molecule has 2 aromatic rings. The second-order valence-corrected chi connectivity index (χ2v) is 7.49. The van der Waals surface area contributed by atoms with Gasteiger partial charge in [0.15, 0.2) is 6.04 Å². The van der Waals surface area contributed by atoms with Crippen LogP contribution in [-0.4, -0.2) is 28.6 Å². The van der Waals surface area contributed by atoms with Crippen molar-refractivity contribution in [3.05, 3.63) is 81.5 Å². The van der Waals surface area contributed by atoms with Gasteiger partial charge in [0.1, 0.15) is 17.9 Å². The number of non-ortho nitro benzene ring substituents is 1. The zero-order valence-electron chi connectivity index (χ0n) is 15.1. The van der Waals surface area contributed by atoms with Crippen LogP contribution >= 0.6 is 0 Å². The molecule has 3 aliphatic heterocycles. The first kappa shape index (κ1) is 17.4. The maximum atomic E-state index is 13.4. The molecule has 1 unspecified atom stereocenters. The molecular formula is C21H16N3O5+. The van der Waals surface area contributed by atoms with Crippen molar-refractivity contribution in [1.29, 1.82) is 0 Å². The van der Waals surface area contributed by atoms with Gasteiger partial charge in [-0.1, -0.05) is 36.4 Å². The lowest BCUT2D eigenvalue weighted by Gasteiger charge is -2.29. The molecule has 0 saturated carbocycles. The highest BCUT2D eigenvalue weighted by molar-refractivity contribution is 6.11. The Balaban J connectivity index is 1.63. The Bertz CT molecular complexity index is 1120. The van der Waals surface area contributed by atoms with E-state index in [1.165, 1.54) is 24.3 Å². The molecule has 0 aromatic heterocycles. The Morgan fingerprint density at radius 2 is 1.79 bits per heavy atom. The SMILES string of the molecule is O=C1NC(=O)[C@H]2[C@@H]1[C@H](C(=O)c1cccc([N+](=O)[O-])c1)[NH+]1C=Cc3ccccc3[C@H]21. The van der Waals surface area contributed by atoms with Crippen LogP contribution in [-0.2, 0) is 9.59 Å². The van der Waals surface area contributed by atoms with Gasteiger partial charge in [0, 0.05) is 23.3 Å². The summed E-state index contributed by atoms with van der Waals surface area (Å²) in [5, 5.41) is 13.5. The third kappa shape index (κ3) is 2.46. The third-order valence-corrected chi connectivity index (χ3v) is 6.09. The number of ketones is 1. The van der Waals surface area contributed by atoms with Gasteiger partial charge in [0.2, 0.25) is 17.6 Å². The Hall–Kier alpha value is -3.65. The highest BCUT2D eigenvalue weighted by atomic mass is 16.6. The van der Waals surface area contributed by atoms with Crippen LogP contribution in [0, 0.1) is 22.0 Å². The van der Waals surface area contributed by atoms with Gasteiger partial charge >= 0.3 is 0 Å². The van der Waals surface area contributed by atoms with E-state index >= 15 is 0 Å². The average molecular weight is 390 g/mol. The van der Waals surface area contributed by atoms with E-state index < -0.39 is 28.7 Å². The summed E-state index contributed by atoms with van der Waals surface area (Å²) < 4.78 is 0. The molecule has 8 heteroatoms. The summed E-state index contributed by atoms with van der Waals surface area (Å²) in [5.41, 5.74) is 1.84. The Kier molecular flexibility index (Phi) is 3.72. The van der Waals surface area contributed by atoms with Crippen molar-refractivity contribution in [2.75, 3.05) is 0 Å². The van der Waals surface area contributed by atoms with E-state index in [4.69, 9.17) is 0 Å². The molecule has 2 fully saturated rings. The number of nitro groups is 1. The van der Waals surface area contributed by atoms with Crippen molar-refractivity contribution in [2.24, 2.45) is 11.8 Å². The molecule has 8 nitrogen and oxygen atoms in total. The summed E-state index contributed by atoms with van der Waals surface area (Å²) in [7, 11) is 0. The Labute approximate surface area is 165 Å². The van der Waals surface area contributed by atoms with E-state index in [2.05, 4.69) is 5.32 Å². The first-order valence-electron chi connectivity index (χ1n) is 9.24. The molecule has 0 spiro atoms. The number of quaternary nitrogens is 1. The normalized spacial score (nSPS) is 29.0. The molecule has 2 aromatic carbocycles. The monoisotopic (exact) mass is 390 g/mol. The second kappa shape index (κ2) is 6.18. The van der Waals surface area contributed by atoms with Crippen LogP contribution in [0.25, 0.3) is 6.08 Å². The Morgan fingerprint density at radius 1 is 1.03 bits per heavy atom. The van der Waals surface area contributed by atoms with Gasteiger partial charge in [-0.2, -0.15) is 0 Å². The molecule has 0 radical (unpaired) electrons. The lowest BCUT2D eigenvalue weighted by molar-refractivity contribution is -0.884. The fraction of sp³-hybridized carbons (Fsp3) is 0.190. The van der Waals surface area contributed by atoms with E-state index in [0.29, 0.717) is 0 Å². The summed E-state index contributed by atoms with van der Waals surface area (Å²) in [6.45, 7) is 0. The average Bonchev–Trinajstić information content (AvgIpc) is 3.22. The third-order valence-electron chi connectivity index (χ3n) is 6.09. The molecule has 2 saturated heterocycles. The van der Waals surface area contributed by atoms with Gasteiger partial charge in [-0.25, -0.2) is 0 Å². The van der Waals surface area contributed by atoms with Crippen LogP contribution in [0.3, 0.4) is 0 Å². The minimum Gasteiger partial charge on any atom is -0.295 e. The number of hydrogen-bond donors (Lipinski definition) is 2. The molecule has 2 amide bonds.